The molecule has 0 saturated carbocycles. The third kappa shape index (κ3) is 4.18. The molecule has 4 nitrogen and oxygen atoms in total. The molecule has 128 valence electrons. The van der Waals surface area contributed by atoms with E-state index in [1.54, 1.807) is 0 Å². The number of nitrogens with one attached hydrogen (secondary N) is 1. The molecule has 1 amide bonds. The third-order valence-electron chi connectivity index (χ3n) is 5.15. The lowest BCUT2D eigenvalue weighted by Gasteiger charge is -2.39. The molecule has 0 aromatic heterocycles. The van der Waals surface area contributed by atoms with E-state index in [-0.39, 0.29) is 18.3 Å². The molecule has 1 unspecified atom stereocenters. The number of carbonyl (C=O) groups excluding carboxylic acids is 1. The number of hydrogen-bond acceptors (Lipinski definition) is 3. The van der Waals surface area contributed by atoms with E-state index >= 15 is 0 Å². The molecule has 1 spiro atoms. The summed E-state index contributed by atoms with van der Waals surface area (Å²) in [5.74, 6) is 0.876. The Labute approximate surface area is 145 Å². The van der Waals surface area contributed by atoms with Gasteiger partial charge in [0, 0.05) is 19.6 Å². The van der Waals surface area contributed by atoms with Crippen LogP contribution >= 0.6 is 12.4 Å². The van der Waals surface area contributed by atoms with Crippen LogP contribution < -0.4 is 10.1 Å². The Hall–Kier alpha value is -1.26. The van der Waals surface area contributed by atoms with Gasteiger partial charge in [-0.1, -0.05) is 17.7 Å². The Bertz CT molecular complexity index is 516. The summed E-state index contributed by atoms with van der Waals surface area (Å²) in [5, 5.41) is 3.46. The van der Waals surface area contributed by atoms with Crippen LogP contribution in [0.15, 0.2) is 24.3 Å². The van der Waals surface area contributed by atoms with Crippen molar-refractivity contribution in [1.82, 2.24) is 10.2 Å². The number of aryl methyl sites for hydroxylation is 1. The van der Waals surface area contributed by atoms with E-state index in [0.717, 1.165) is 44.8 Å². The maximum absolute atomic E-state index is 12.6. The number of amides is 1. The number of benzene rings is 1. The maximum atomic E-state index is 12.6. The molecule has 0 radical (unpaired) electrons. The summed E-state index contributed by atoms with van der Waals surface area (Å²) in [5.41, 5.74) is 1.63. The van der Waals surface area contributed by atoms with Crippen molar-refractivity contribution in [1.29, 1.82) is 0 Å². The van der Waals surface area contributed by atoms with Gasteiger partial charge in [0.15, 0.2) is 6.10 Å². The first kappa shape index (κ1) is 18.1. The average molecular weight is 339 g/mol. The molecule has 2 aliphatic rings. The van der Waals surface area contributed by atoms with Gasteiger partial charge in [0.25, 0.3) is 5.91 Å². The summed E-state index contributed by atoms with van der Waals surface area (Å²) >= 11 is 0. The molecule has 0 bridgehead atoms. The summed E-state index contributed by atoms with van der Waals surface area (Å²) in [7, 11) is 0. The number of carbonyl (C=O) groups is 1. The largest absolute Gasteiger partial charge is 0.481 e. The second-order valence-corrected chi connectivity index (χ2v) is 6.83. The van der Waals surface area contributed by atoms with Gasteiger partial charge >= 0.3 is 0 Å². The minimum Gasteiger partial charge on any atom is -0.481 e. The topological polar surface area (TPSA) is 41.6 Å². The zero-order valence-corrected chi connectivity index (χ0v) is 14.8. The number of rotatable bonds is 3. The molecule has 5 heteroatoms. The summed E-state index contributed by atoms with van der Waals surface area (Å²) in [6.45, 7) is 7.86. The summed E-state index contributed by atoms with van der Waals surface area (Å²) in [6, 6.07) is 7.86. The maximum Gasteiger partial charge on any atom is 0.263 e. The van der Waals surface area contributed by atoms with E-state index in [1.807, 2.05) is 43.0 Å². The second-order valence-electron chi connectivity index (χ2n) is 6.83. The fraction of sp³-hybridized carbons (Fsp3) is 0.611. The van der Waals surface area contributed by atoms with E-state index in [4.69, 9.17) is 4.74 Å². The van der Waals surface area contributed by atoms with E-state index in [9.17, 15) is 4.79 Å². The Morgan fingerprint density at radius 1 is 1.22 bits per heavy atom. The van der Waals surface area contributed by atoms with Crippen molar-refractivity contribution in [2.24, 2.45) is 5.41 Å². The van der Waals surface area contributed by atoms with Gasteiger partial charge in [-0.25, -0.2) is 0 Å². The molecular formula is C18H27ClN2O2. The van der Waals surface area contributed by atoms with Crippen LogP contribution in [-0.4, -0.2) is 43.1 Å². The van der Waals surface area contributed by atoms with Crippen LogP contribution in [0.2, 0.25) is 0 Å². The minimum absolute atomic E-state index is 0. The van der Waals surface area contributed by atoms with Crippen molar-refractivity contribution >= 4 is 18.3 Å². The normalized spacial score (nSPS) is 20.9. The van der Waals surface area contributed by atoms with E-state index in [0.29, 0.717) is 5.41 Å². The number of nitrogens with zero attached hydrogens (tertiary/aromatic N) is 1. The van der Waals surface area contributed by atoms with Crippen LogP contribution in [0.25, 0.3) is 0 Å². The molecule has 3 rings (SSSR count). The van der Waals surface area contributed by atoms with Crippen molar-refractivity contribution in [3.63, 3.8) is 0 Å². The lowest BCUT2D eigenvalue weighted by molar-refractivity contribution is -0.140. The first-order valence-corrected chi connectivity index (χ1v) is 8.31. The second kappa shape index (κ2) is 7.54. The minimum atomic E-state index is -0.418. The van der Waals surface area contributed by atoms with Crippen molar-refractivity contribution in [3.05, 3.63) is 29.8 Å². The van der Waals surface area contributed by atoms with Gasteiger partial charge in [0.1, 0.15) is 5.75 Å². The Morgan fingerprint density at radius 3 is 2.43 bits per heavy atom. The third-order valence-corrected chi connectivity index (χ3v) is 5.15. The summed E-state index contributed by atoms with van der Waals surface area (Å²) in [4.78, 5) is 14.5. The number of likely N-dealkylation sites (tertiary alicyclic amines) is 1. The van der Waals surface area contributed by atoms with Gasteiger partial charge in [0.2, 0.25) is 0 Å². The van der Waals surface area contributed by atoms with E-state index in [1.165, 1.54) is 12.0 Å². The van der Waals surface area contributed by atoms with Crippen LogP contribution in [0.1, 0.15) is 31.7 Å². The van der Waals surface area contributed by atoms with E-state index < -0.39 is 6.10 Å². The monoisotopic (exact) mass is 338 g/mol. The van der Waals surface area contributed by atoms with Gasteiger partial charge in [-0.15, -0.1) is 12.4 Å². The lowest BCUT2D eigenvalue weighted by Crippen LogP contribution is -2.48. The average Bonchev–Trinajstić information content (AvgIpc) is 2.98. The standard InChI is InChI=1S/C18H26N2O2.ClH/c1-14-3-5-16(6-4-14)22-15(2)17(21)20-11-8-18(9-12-20)7-10-19-13-18;/h3-6,15,19H,7-13H2,1-2H3;1H. The van der Waals surface area contributed by atoms with Gasteiger partial charge < -0.3 is 15.0 Å². The number of halogens is 1. The molecular weight excluding hydrogens is 312 g/mol. The highest BCUT2D eigenvalue weighted by molar-refractivity contribution is 5.85. The highest BCUT2D eigenvalue weighted by atomic mass is 35.5. The first-order chi connectivity index (χ1) is 10.6. The zero-order chi connectivity index (χ0) is 15.6. The molecule has 1 atom stereocenters. The fourth-order valence-electron chi connectivity index (χ4n) is 3.55. The Balaban J connectivity index is 0.00000192. The van der Waals surface area contributed by atoms with Crippen molar-refractivity contribution < 1.29 is 9.53 Å². The van der Waals surface area contributed by atoms with Gasteiger partial charge in [0.05, 0.1) is 0 Å². The van der Waals surface area contributed by atoms with Crippen molar-refractivity contribution in [3.8, 4) is 5.75 Å². The molecule has 1 aromatic rings. The van der Waals surface area contributed by atoms with Gasteiger partial charge in [-0.05, 0) is 57.2 Å². The van der Waals surface area contributed by atoms with Crippen molar-refractivity contribution in [2.45, 2.75) is 39.2 Å². The first-order valence-electron chi connectivity index (χ1n) is 8.31. The predicted molar refractivity (Wildman–Crippen MR) is 94.3 cm³/mol. The highest BCUT2D eigenvalue weighted by Gasteiger charge is 2.38. The number of ether oxygens (including phenoxy) is 1. The molecule has 0 aliphatic carbocycles. The zero-order valence-electron chi connectivity index (χ0n) is 14.0. The summed E-state index contributed by atoms with van der Waals surface area (Å²) in [6.07, 6.45) is 3.06. The van der Waals surface area contributed by atoms with Crippen LogP contribution in [0.3, 0.4) is 0 Å². The molecule has 2 fully saturated rings. The smallest absolute Gasteiger partial charge is 0.263 e. The van der Waals surface area contributed by atoms with Crippen LogP contribution in [0.5, 0.6) is 5.75 Å². The fourth-order valence-corrected chi connectivity index (χ4v) is 3.55. The molecule has 1 aromatic carbocycles. The molecule has 1 N–H and O–H groups in total. The Kier molecular flexibility index (Phi) is 5.93. The van der Waals surface area contributed by atoms with Crippen molar-refractivity contribution in [2.75, 3.05) is 26.2 Å². The van der Waals surface area contributed by atoms with Gasteiger partial charge in [-0.3, -0.25) is 4.79 Å². The SMILES string of the molecule is Cc1ccc(OC(C)C(=O)N2CCC3(CCNC3)CC2)cc1.Cl. The molecule has 2 aliphatic heterocycles. The summed E-state index contributed by atoms with van der Waals surface area (Å²) < 4.78 is 5.80. The van der Waals surface area contributed by atoms with Gasteiger partial charge in [-0.2, -0.15) is 0 Å². The Morgan fingerprint density at radius 2 is 1.87 bits per heavy atom. The predicted octanol–water partition coefficient (Wildman–Crippen LogP) is 2.79. The van der Waals surface area contributed by atoms with Crippen LogP contribution in [-0.2, 0) is 4.79 Å². The van der Waals surface area contributed by atoms with E-state index in [2.05, 4.69) is 5.32 Å². The molecule has 2 heterocycles. The number of hydrogen-bond donors (Lipinski definition) is 1. The van der Waals surface area contributed by atoms with Crippen LogP contribution in [0.4, 0.5) is 0 Å². The van der Waals surface area contributed by atoms with Crippen LogP contribution in [0, 0.1) is 12.3 Å². The number of piperidine rings is 1. The quantitative estimate of drug-likeness (QED) is 0.921. The lowest BCUT2D eigenvalue weighted by atomic mass is 9.78. The highest BCUT2D eigenvalue weighted by Crippen LogP contribution is 2.37. The molecule has 2 saturated heterocycles. The molecule has 23 heavy (non-hydrogen) atoms.